The Morgan fingerprint density at radius 2 is 1.91 bits per heavy atom. The number of nitrogens with zero attached hydrogens (tertiary/aromatic N) is 1. The predicted molar refractivity (Wildman–Crippen MR) is 83.6 cm³/mol. The Balaban J connectivity index is 2.37. The maximum Gasteiger partial charge on any atom is 0.221 e. The maximum absolute atomic E-state index is 11.9. The van der Waals surface area contributed by atoms with Crippen molar-refractivity contribution >= 4 is 11.7 Å². The average molecular weight is 302 g/mol. The lowest BCUT2D eigenvalue weighted by Gasteiger charge is -2.06. The fourth-order valence-corrected chi connectivity index (χ4v) is 1.88. The molecule has 0 atom stereocenters. The molecular formula is C17H22N2O3. The number of hydrogen-bond acceptors (Lipinski definition) is 4. The van der Waals surface area contributed by atoms with Gasteiger partial charge in [0.25, 0.3) is 0 Å². The molecule has 1 aromatic rings. The molecule has 1 aromatic carbocycles. The summed E-state index contributed by atoms with van der Waals surface area (Å²) in [5.41, 5.74) is 0.564. The Labute approximate surface area is 131 Å². The third-order valence-electron chi connectivity index (χ3n) is 3.14. The number of benzene rings is 1. The highest BCUT2D eigenvalue weighted by molar-refractivity contribution is 5.98. The first-order valence-electron chi connectivity index (χ1n) is 7.57. The highest BCUT2D eigenvalue weighted by atomic mass is 16.5. The summed E-state index contributed by atoms with van der Waals surface area (Å²) in [6, 6.07) is 8.79. The van der Waals surface area contributed by atoms with E-state index in [1.165, 1.54) is 0 Å². The molecule has 5 nitrogen and oxygen atoms in total. The van der Waals surface area contributed by atoms with Gasteiger partial charge in [0.15, 0.2) is 5.78 Å². The van der Waals surface area contributed by atoms with Gasteiger partial charge in [0.1, 0.15) is 12.3 Å². The van der Waals surface area contributed by atoms with Crippen LogP contribution in [0.4, 0.5) is 0 Å². The van der Waals surface area contributed by atoms with Crippen LogP contribution < -0.4 is 10.1 Å². The Hall–Kier alpha value is -2.35. The fourth-order valence-electron chi connectivity index (χ4n) is 1.88. The summed E-state index contributed by atoms with van der Waals surface area (Å²) in [5.74, 6) is 0.370. The van der Waals surface area contributed by atoms with Crippen LogP contribution in [0.5, 0.6) is 5.75 Å². The Kier molecular flexibility index (Phi) is 8.36. The zero-order valence-corrected chi connectivity index (χ0v) is 12.9. The minimum atomic E-state index is -0.286. The van der Waals surface area contributed by atoms with Crippen LogP contribution in [-0.2, 0) is 4.79 Å². The van der Waals surface area contributed by atoms with Gasteiger partial charge in [-0.25, -0.2) is 0 Å². The number of carbonyl (C=O) groups is 2. The van der Waals surface area contributed by atoms with Gasteiger partial charge in [-0.1, -0.05) is 19.8 Å². The Bertz CT molecular complexity index is 518. The van der Waals surface area contributed by atoms with E-state index in [1.807, 2.05) is 6.07 Å². The number of ether oxygens (including phenoxy) is 1. The first-order chi connectivity index (χ1) is 10.7. The third kappa shape index (κ3) is 6.89. The van der Waals surface area contributed by atoms with Gasteiger partial charge < -0.3 is 10.1 Å². The first kappa shape index (κ1) is 17.7. The molecule has 0 saturated carbocycles. The van der Waals surface area contributed by atoms with E-state index in [2.05, 4.69) is 12.2 Å². The molecule has 0 bridgehead atoms. The first-order valence-corrected chi connectivity index (χ1v) is 7.57. The van der Waals surface area contributed by atoms with E-state index >= 15 is 0 Å². The SMILES string of the molecule is CCCCCOc1ccc(C(=O)CCC(=O)NCC#N)cc1. The number of ketones is 1. The number of nitriles is 1. The van der Waals surface area contributed by atoms with Crippen molar-refractivity contribution in [2.75, 3.05) is 13.2 Å². The minimum absolute atomic E-state index is 0.0307. The van der Waals surface area contributed by atoms with Crippen molar-refractivity contribution in [3.8, 4) is 11.8 Å². The molecule has 0 aliphatic heterocycles. The topological polar surface area (TPSA) is 79.2 Å². The molecule has 22 heavy (non-hydrogen) atoms. The number of hydrogen-bond donors (Lipinski definition) is 1. The van der Waals surface area contributed by atoms with Crippen LogP contribution >= 0.6 is 0 Å². The molecule has 0 spiro atoms. The Morgan fingerprint density at radius 1 is 1.18 bits per heavy atom. The van der Waals surface area contributed by atoms with Gasteiger partial charge in [0, 0.05) is 18.4 Å². The van der Waals surface area contributed by atoms with Crippen molar-refractivity contribution in [1.82, 2.24) is 5.32 Å². The van der Waals surface area contributed by atoms with E-state index in [1.54, 1.807) is 24.3 Å². The van der Waals surface area contributed by atoms with Gasteiger partial charge in [-0.3, -0.25) is 9.59 Å². The number of rotatable bonds is 10. The van der Waals surface area contributed by atoms with Crippen molar-refractivity contribution in [2.24, 2.45) is 0 Å². The zero-order valence-electron chi connectivity index (χ0n) is 12.9. The summed E-state index contributed by atoms with van der Waals surface area (Å²) in [6.07, 6.45) is 3.54. The molecule has 0 fully saturated rings. The second-order valence-electron chi connectivity index (χ2n) is 4.94. The van der Waals surface area contributed by atoms with Crippen LogP contribution in [0.3, 0.4) is 0 Å². The highest BCUT2D eigenvalue weighted by Crippen LogP contribution is 2.14. The second-order valence-corrected chi connectivity index (χ2v) is 4.94. The molecule has 0 aliphatic carbocycles. The van der Waals surface area contributed by atoms with Crippen LogP contribution in [0, 0.1) is 11.3 Å². The lowest BCUT2D eigenvalue weighted by Crippen LogP contribution is -2.23. The molecule has 1 amide bonds. The normalized spacial score (nSPS) is 9.82. The summed E-state index contributed by atoms with van der Waals surface area (Å²) in [5, 5.41) is 10.8. The molecule has 0 heterocycles. The van der Waals surface area contributed by atoms with Crippen LogP contribution in [0.1, 0.15) is 49.4 Å². The molecule has 118 valence electrons. The largest absolute Gasteiger partial charge is 0.494 e. The van der Waals surface area contributed by atoms with Crippen LogP contribution in [0.25, 0.3) is 0 Å². The molecule has 0 radical (unpaired) electrons. The van der Waals surface area contributed by atoms with E-state index in [0.29, 0.717) is 12.2 Å². The lowest BCUT2D eigenvalue weighted by molar-refractivity contribution is -0.120. The summed E-state index contributed by atoms with van der Waals surface area (Å²) < 4.78 is 5.58. The molecule has 5 heteroatoms. The summed E-state index contributed by atoms with van der Waals surface area (Å²) in [6.45, 7) is 2.79. The van der Waals surface area contributed by atoms with Gasteiger partial charge in [0.05, 0.1) is 12.7 Å². The molecule has 1 N–H and O–H groups in total. The summed E-state index contributed by atoms with van der Waals surface area (Å²) >= 11 is 0. The van der Waals surface area contributed by atoms with Crippen molar-refractivity contribution < 1.29 is 14.3 Å². The number of unbranched alkanes of at least 4 members (excludes halogenated alkanes) is 2. The smallest absolute Gasteiger partial charge is 0.221 e. The summed E-state index contributed by atoms with van der Waals surface area (Å²) in [7, 11) is 0. The molecule has 0 aromatic heterocycles. The van der Waals surface area contributed by atoms with Gasteiger partial charge >= 0.3 is 0 Å². The van der Waals surface area contributed by atoms with Gasteiger partial charge in [0.2, 0.25) is 5.91 Å². The zero-order chi connectivity index (χ0) is 16.2. The van der Waals surface area contributed by atoms with Crippen LogP contribution in [0.15, 0.2) is 24.3 Å². The third-order valence-corrected chi connectivity index (χ3v) is 3.14. The molecule has 0 unspecified atom stereocenters. The second kappa shape index (κ2) is 10.4. The fraction of sp³-hybridized carbons (Fsp3) is 0.471. The quantitative estimate of drug-likeness (QED) is 0.409. The summed E-state index contributed by atoms with van der Waals surface area (Å²) in [4.78, 5) is 23.3. The monoisotopic (exact) mass is 302 g/mol. The van der Waals surface area contributed by atoms with Gasteiger partial charge in [-0.2, -0.15) is 5.26 Å². The number of nitrogens with one attached hydrogen (secondary N) is 1. The maximum atomic E-state index is 11.9. The molecule has 1 rings (SSSR count). The molecule has 0 aliphatic rings. The van der Waals surface area contributed by atoms with E-state index in [0.717, 1.165) is 25.0 Å². The van der Waals surface area contributed by atoms with Crippen molar-refractivity contribution in [2.45, 2.75) is 39.0 Å². The number of carbonyl (C=O) groups excluding carboxylic acids is 2. The molecule has 0 saturated heterocycles. The van der Waals surface area contributed by atoms with E-state index in [-0.39, 0.29) is 31.1 Å². The van der Waals surface area contributed by atoms with Gasteiger partial charge in [-0.05, 0) is 30.7 Å². The molecular weight excluding hydrogens is 280 g/mol. The standard InChI is InChI=1S/C17H22N2O3/c1-2-3-4-13-22-15-7-5-14(6-8-15)16(20)9-10-17(21)19-12-11-18/h5-8H,2-4,9-10,12-13H2,1H3,(H,19,21). The van der Waals surface area contributed by atoms with Crippen LogP contribution in [0.2, 0.25) is 0 Å². The predicted octanol–water partition coefficient (Wildman–Crippen LogP) is 2.86. The van der Waals surface area contributed by atoms with Crippen molar-refractivity contribution in [1.29, 1.82) is 5.26 Å². The Morgan fingerprint density at radius 3 is 2.55 bits per heavy atom. The van der Waals surface area contributed by atoms with Gasteiger partial charge in [-0.15, -0.1) is 0 Å². The van der Waals surface area contributed by atoms with E-state index in [9.17, 15) is 9.59 Å². The highest BCUT2D eigenvalue weighted by Gasteiger charge is 2.09. The number of amides is 1. The number of Topliss-reactive ketones (excluding diaryl/α,β-unsaturated/α-hetero) is 1. The van der Waals surface area contributed by atoms with E-state index in [4.69, 9.17) is 10.00 Å². The lowest BCUT2D eigenvalue weighted by atomic mass is 10.1. The average Bonchev–Trinajstić information content (AvgIpc) is 2.55. The van der Waals surface area contributed by atoms with Crippen molar-refractivity contribution in [3.05, 3.63) is 29.8 Å². The van der Waals surface area contributed by atoms with E-state index < -0.39 is 0 Å². The minimum Gasteiger partial charge on any atom is -0.494 e. The van der Waals surface area contributed by atoms with Crippen molar-refractivity contribution in [3.63, 3.8) is 0 Å². The van der Waals surface area contributed by atoms with Crippen LogP contribution in [-0.4, -0.2) is 24.8 Å².